The molecule has 25 heavy (non-hydrogen) atoms. The number of anilines is 1. The van der Waals surface area contributed by atoms with E-state index in [0.29, 0.717) is 0 Å². The van der Waals surface area contributed by atoms with Crippen molar-refractivity contribution < 1.29 is 0 Å². The van der Waals surface area contributed by atoms with Crippen LogP contribution in [0, 0.1) is 0 Å². The lowest BCUT2D eigenvalue weighted by Crippen LogP contribution is -2.46. The van der Waals surface area contributed by atoms with Crippen LogP contribution in [0.15, 0.2) is 36.1 Å². The van der Waals surface area contributed by atoms with E-state index < -0.39 is 0 Å². The number of fused-ring (bicyclic) bond motifs is 1. The first-order chi connectivity index (χ1) is 12.3. The van der Waals surface area contributed by atoms with Gasteiger partial charge >= 0.3 is 0 Å². The Labute approximate surface area is 151 Å². The highest BCUT2D eigenvalue weighted by Gasteiger charge is 2.27. The molecule has 2 fully saturated rings. The molecule has 6 heteroatoms. The zero-order valence-electron chi connectivity index (χ0n) is 14.1. The molecule has 0 amide bonds. The Morgan fingerprint density at radius 2 is 2.00 bits per heavy atom. The number of nitrogens with zero attached hydrogens (tertiary/aromatic N) is 5. The van der Waals surface area contributed by atoms with Crippen molar-refractivity contribution in [2.45, 2.75) is 25.3 Å². The second-order valence-corrected chi connectivity index (χ2v) is 7.87. The third-order valence-electron chi connectivity index (χ3n) is 5.11. The Hall–Kier alpha value is -2.05. The maximum atomic E-state index is 4.83. The Balaban J connectivity index is 1.22. The highest BCUT2D eigenvalue weighted by Crippen LogP contribution is 2.41. The van der Waals surface area contributed by atoms with Gasteiger partial charge in [0, 0.05) is 61.3 Å². The smallest absolute Gasteiger partial charge is 0.116 e. The summed E-state index contributed by atoms with van der Waals surface area (Å²) in [4.78, 5) is 18.2. The van der Waals surface area contributed by atoms with Gasteiger partial charge in [-0.05, 0) is 31.0 Å². The van der Waals surface area contributed by atoms with Crippen molar-refractivity contribution in [3.63, 3.8) is 0 Å². The standard InChI is InChI=1S/C19H21N5S/c1-2-14(1)19-22-16(12-25-19)11-23-5-7-24(8-6-23)17-3-4-18-15(9-17)10-20-13-21-18/h3-4,9-10,12-14H,1-2,5-8,11H2. The Kier molecular flexibility index (Phi) is 3.87. The molecule has 5 rings (SSSR count). The lowest BCUT2D eigenvalue weighted by Gasteiger charge is -2.35. The van der Waals surface area contributed by atoms with E-state index in [2.05, 4.69) is 43.3 Å². The fraction of sp³-hybridized carbons (Fsp3) is 0.421. The maximum absolute atomic E-state index is 4.83. The molecule has 0 bridgehead atoms. The van der Waals surface area contributed by atoms with E-state index in [9.17, 15) is 0 Å². The summed E-state index contributed by atoms with van der Waals surface area (Å²) in [6.07, 6.45) is 6.17. The molecule has 1 aliphatic carbocycles. The molecule has 2 aliphatic rings. The molecule has 1 aliphatic heterocycles. The summed E-state index contributed by atoms with van der Waals surface area (Å²) in [6, 6.07) is 6.47. The van der Waals surface area contributed by atoms with Gasteiger partial charge in [-0.1, -0.05) is 0 Å². The molecule has 3 heterocycles. The van der Waals surface area contributed by atoms with Gasteiger partial charge in [-0.15, -0.1) is 11.3 Å². The van der Waals surface area contributed by atoms with Crippen molar-refractivity contribution in [3.05, 3.63) is 46.8 Å². The molecule has 0 spiro atoms. The van der Waals surface area contributed by atoms with Crippen molar-refractivity contribution in [1.29, 1.82) is 0 Å². The molecular formula is C19H21N5S. The lowest BCUT2D eigenvalue weighted by atomic mass is 10.2. The highest BCUT2D eigenvalue weighted by molar-refractivity contribution is 7.09. The summed E-state index contributed by atoms with van der Waals surface area (Å²) in [5, 5.41) is 4.72. The van der Waals surface area contributed by atoms with Crippen molar-refractivity contribution in [2.24, 2.45) is 0 Å². The largest absolute Gasteiger partial charge is 0.369 e. The minimum absolute atomic E-state index is 0.771. The number of hydrogen-bond acceptors (Lipinski definition) is 6. The third kappa shape index (κ3) is 3.24. The fourth-order valence-electron chi connectivity index (χ4n) is 3.48. The number of benzene rings is 1. The van der Waals surface area contributed by atoms with E-state index in [1.807, 2.05) is 17.5 Å². The molecule has 0 unspecified atom stereocenters. The van der Waals surface area contributed by atoms with Gasteiger partial charge < -0.3 is 4.90 Å². The maximum Gasteiger partial charge on any atom is 0.116 e. The zero-order valence-corrected chi connectivity index (χ0v) is 15.0. The minimum atomic E-state index is 0.771. The monoisotopic (exact) mass is 351 g/mol. The van der Waals surface area contributed by atoms with E-state index in [4.69, 9.17) is 4.98 Å². The second-order valence-electron chi connectivity index (χ2n) is 6.98. The van der Waals surface area contributed by atoms with Gasteiger partial charge in [0.2, 0.25) is 0 Å². The molecule has 0 radical (unpaired) electrons. The molecule has 1 saturated carbocycles. The molecule has 2 aromatic heterocycles. The highest BCUT2D eigenvalue weighted by atomic mass is 32.1. The van der Waals surface area contributed by atoms with E-state index in [0.717, 1.165) is 49.5 Å². The number of piperazine rings is 1. The van der Waals surface area contributed by atoms with Crippen LogP contribution >= 0.6 is 11.3 Å². The van der Waals surface area contributed by atoms with Gasteiger partial charge in [0.25, 0.3) is 0 Å². The molecule has 5 nitrogen and oxygen atoms in total. The Morgan fingerprint density at radius 1 is 1.12 bits per heavy atom. The van der Waals surface area contributed by atoms with Crippen molar-refractivity contribution in [3.8, 4) is 0 Å². The number of aromatic nitrogens is 3. The van der Waals surface area contributed by atoms with Gasteiger partial charge in [0.05, 0.1) is 16.2 Å². The van der Waals surface area contributed by atoms with Crippen LogP contribution in [0.25, 0.3) is 10.9 Å². The van der Waals surface area contributed by atoms with Gasteiger partial charge in [-0.25, -0.2) is 15.0 Å². The summed E-state index contributed by atoms with van der Waals surface area (Å²) in [7, 11) is 0. The summed E-state index contributed by atoms with van der Waals surface area (Å²) < 4.78 is 0. The van der Waals surface area contributed by atoms with Crippen molar-refractivity contribution in [2.75, 3.05) is 31.1 Å². The summed E-state index contributed by atoms with van der Waals surface area (Å²) in [5.41, 5.74) is 3.53. The zero-order chi connectivity index (χ0) is 16.6. The summed E-state index contributed by atoms with van der Waals surface area (Å²) >= 11 is 1.85. The van der Waals surface area contributed by atoms with Crippen LogP contribution < -0.4 is 4.90 Å². The van der Waals surface area contributed by atoms with Crippen molar-refractivity contribution >= 4 is 27.9 Å². The number of hydrogen-bond donors (Lipinski definition) is 0. The van der Waals surface area contributed by atoms with Gasteiger partial charge in [0.15, 0.2) is 0 Å². The quantitative estimate of drug-likeness (QED) is 0.722. The molecule has 128 valence electrons. The fourth-order valence-corrected chi connectivity index (χ4v) is 4.46. The molecule has 1 aromatic carbocycles. The van der Waals surface area contributed by atoms with Gasteiger partial charge in [0.1, 0.15) is 6.33 Å². The normalized spacial score (nSPS) is 18.8. The molecular weight excluding hydrogens is 330 g/mol. The first-order valence-electron chi connectivity index (χ1n) is 8.96. The molecule has 0 atom stereocenters. The lowest BCUT2D eigenvalue weighted by molar-refractivity contribution is 0.247. The SMILES string of the molecule is c1ncc2cc(N3CCN(Cc4csc(C5CC5)n4)CC3)ccc2n1. The molecule has 3 aromatic rings. The number of rotatable bonds is 4. The minimum Gasteiger partial charge on any atom is -0.369 e. The van der Waals surface area contributed by atoms with E-state index in [1.165, 1.54) is 29.2 Å². The Bertz CT molecular complexity index is 880. The van der Waals surface area contributed by atoms with E-state index in [-0.39, 0.29) is 0 Å². The van der Waals surface area contributed by atoms with Crippen LogP contribution in [0.3, 0.4) is 0 Å². The molecule has 1 saturated heterocycles. The van der Waals surface area contributed by atoms with Crippen LogP contribution in [0.2, 0.25) is 0 Å². The van der Waals surface area contributed by atoms with E-state index in [1.54, 1.807) is 6.33 Å². The average Bonchev–Trinajstić information content (AvgIpc) is 3.42. The van der Waals surface area contributed by atoms with Crippen molar-refractivity contribution in [1.82, 2.24) is 19.9 Å². The van der Waals surface area contributed by atoms with Gasteiger partial charge in [-0.2, -0.15) is 0 Å². The summed E-state index contributed by atoms with van der Waals surface area (Å²) in [5.74, 6) is 0.771. The topological polar surface area (TPSA) is 45.2 Å². The first kappa shape index (κ1) is 15.2. The van der Waals surface area contributed by atoms with Crippen LogP contribution in [-0.2, 0) is 6.54 Å². The Morgan fingerprint density at radius 3 is 2.84 bits per heavy atom. The first-order valence-corrected chi connectivity index (χ1v) is 9.84. The van der Waals surface area contributed by atoms with Crippen LogP contribution in [0.4, 0.5) is 5.69 Å². The number of thiazole rings is 1. The van der Waals surface area contributed by atoms with Crippen LogP contribution in [0.1, 0.15) is 29.5 Å². The van der Waals surface area contributed by atoms with Crippen LogP contribution in [0.5, 0.6) is 0 Å². The predicted octanol–water partition coefficient (Wildman–Crippen LogP) is 3.29. The average molecular weight is 351 g/mol. The second kappa shape index (κ2) is 6.35. The summed E-state index contributed by atoms with van der Waals surface area (Å²) in [6.45, 7) is 5.26. The molecule has 0 N–H and O–H groups in total. The van der Waals surface area contributed by atoms with Crippen LogP contribution in [-0.4, -0.2) is 46.0 Å². The van der Waals surface area contributed by atoms with E-state index >= 15 is 0 Å². The predicted molar refractivity (Wildman–Crippen MR) is 101 cm³/mol. The van der Waals surface area contributed by atoms with Gasteiger partial charge in [-0.3, -0.25) is 4.90 Å². The third-order valence-corrected chi connectivity index (χ3v) is 6.16.